The molecule has 0 unspecified atom stereocenters. The van der Waals surface area contributed by atoms with E-state index in [0.29, 0.717) is 12.1 Å². The lowest BCUT2D eigenvalue weighted by Crippen LogP contribution is -2.19. The van der Waals surface area contributed by atoms with Crippen LogP contribution in [0.25, 0.3) is 0 Å². The molecule has 24 heavy (non-hydrogen) atoms. The molecule has 126 valence electrons. The number of para-hydroxylation sites is 1. The van der Waals surface area contributed by atoms with E-state index in [4.69, 9.17) is 9.47 Å². The summed E-state index contributed by atoms with van der Waals surface area (Å²) in [6, 6.07) is 12.7. The van der Waals surface area contributed by atoms with Gasteiger partial charge in [0, 0.05) is 13.5 Å². The van der Waals surface area contributed by atoms with Crippen LogP contribution in [-0.4, -0.2) is 25.1 Å². The van der Waals surface area contributed by atoms with E-state index < -0.39 is 11.8 Å². The van der Waals surface area contributed by atoms with Crippen LogP contribution in [0.3, 0.4) is 0 Å². The number of nitrogens with one attached hydrogen (secondary N) is 1. The van der Waals surface area contributed by atoms with Crippen molar-refractivity contribution in [3.63, 3.8) is 0 Å². The molecule has 1 N–H and O–H groups in total. The molecule has 0 aliphatic rings. The van der Waals surface area contributed by atoms with Crippen molar-refractivity contribution >= 4 is 11.9 Å². The smallest absolute Gasteiger partial charge is 0.338 e. The third-order valence-corrected chi connectivity index (χ3v) is 3.14. The van der Waals surface area contributed by atoms with Crippen molar-refractivity contribution in [1.82, 2.24) is 5.32 Å². The summed E-state index contributed by atoms with van der Waals surface area (Å²) < 4.78 is 23.6. The van der Waals surface area contributed by atoms with Crippen LogP contribution in [0, 0.1) is 5.82 Å². The molecule has 2 aromatic carbocycles. The Labute approximate surface area is 139 Å². The quantitative estimate of drug-likeness (QED) is 0.626. The van der Waals surface area contributed by atoms with Gasteiger partial charge in [0.15, 0.2) is 11.6 Å². The maximum atomic E-state index is 13.3. The second-order valence-corrected chi connectivity index (χ2v) is 5.02. The lowest BCUT2D eigenvalue weighted by Gasteiger charge is -2.08. The SMILES string of the molecule is CC(=O)NCc1ccc(C(=O)OCCOc2ccccc2F)cc1. The highest BCUT2D eigenvalue weighted by Crippen LogP contribution is 2.15. The van der Waals surface area contributed by atoms with Gasteiger partial charge in [-0.15, -0.1) is 0 Å². The molecule has 0 fully saturated rings. The molecule has 2 aromatic rings. The second kappa shape index (κ2) is 8.67. The Morgan fingerprint density at radius 1 is 1.04 bits per heavy atom. The zero-order chi connectivity index (χ0) is 17.4. The van der Waals surface area contributed by atoms with Gasteiger partial charge >= 0.3 is 5.97 Å². The Hall–Kier alpha value is -2.89. The molecule has 0 spiro atoms. The summed E-state index contributed by atoms with van der Waals surface area (Å²) in [5.74, 6) is -0.944. The Kier molecular flexibility index (Phi) is 6.31. The monoisotopic (exact) mass is 331 g/mol. The number of hydrogen-bond donors (Lipinski definition) is 1. The first-order chi connectivity index (χ1) is 11.6. The van der Waals surface area contributed by atoms with Crippen molar-refractivity contribution in [2.45, 2.75) is 13.5 Å². The topological polar surface area (TPSA) is 64.6 Å². The zero-order valence-electron chi connectivity index (χ0n) is 13.3. The van der Waals surface area contributed by atoms with Crippen LogP contribution in [0.2, 0.25) is 0 Å². The fourth-order valence-corrected chi connectivity index (χ4v) is 1.92. The van der Waals surface area contributed by atoms with Crippen molar-refractivity contribution < 1.29 is 23.5 Å². The first-order valence-corrected chi connectivity index (χ1v) is 7.44. The molecule has 0 aliphatic carbocycles. The molecule has 0 atom stereocenters. The summed E-state index contributed by atoms with van der Waals surface area (Å²) in [7, 11) is 0. The van der Waals surface area contributed by atoms with E-state index in [1.165, 1.54) is 19.1 Å². The van der Waals surface area contributed by atoms with Gasteiger partial charge in [-0.05, 0) is 29.8 Å². The molecule has 5 nitrogen and oxygen atoms in total. The summed E-state index contributed by atoms with van der Waals surface area (Å²) in [4.78, 5) is 22.7. The molecule has 0 aromatic heterocycles. The van der Waals surface area contributed by atoms with Gasteiger partial charge < -0.3 is 14.8 Å². The van der Waals surface area contributed by atoms with Crippen molar-refractivity contribution in [3.8, 4) is 5.75 Å². The van der Waals surface area contributed by atoms with Crippen LogP contribution in [0.5, 0.6) is 5.75 Å². The highest BCUT2D eigenvalue weighted by atomic mass is 19.1. The number of amides is 1. The fourth-order valence-electron chi connectivity index (χ4n) is 1.92. The van der Waals surface area contributed by atoms with Gasteiger partial charge in [-0.2, -0.15) is 0 Å². The van der Waals surface area contributed by atoms with Crippen molar-refractivity contribution in [2.24, 2.45) is 0 Å². The second-order valence-electron chi connectivity index (χ2n) is 5.02. The van der Waals surface area contributed by atoms with Crippen molar-refractivity contribution in [2.75, 3.05) is 13.2 Å². The van der Waals surface area contributed by atoms with Crippen LogP contribution < -0.4 is 10.1 Å². The van der Waals surface area contributed by atoms with E-state index in [2.05, 4.69) is 5.32 Å². The molecule has 1 amide bonds. The summed E-state index contributed by atoms with van der Waals surface area (Å²) in [5, 5.41) is 2.67. The molecule has 0 aliphatic heterocycles. The summed E-state index contributed by atoms with van der Waals surface area (Å²) in [6.45, 7) is 1.92. The van der Waals surface area contributed by atoms with E-state index in [9.17, 15) is 14.0 Å². The molecule has 0 radical (unpaired) electrons. The van der Waals surface area contributed by atoms with Crippen LogP contribution in [0.1, 0.15) is 22.8 Å². The lowest BCUT2D eigenvalue weighted by atomic mass is 10.1. The van der Waals surface area contributed by atoms with Crippen molar-refractivity contribution in [1.29, 1.82) is 0 Å². The number of hydrogen-bond acceptors (Lipinski definition) is 4. The highest BCUT2D eigenvalue weighted by Gasteiger charge is 2.08. The maximum Gasteiger partial charge on any atom is 0.338 e. The minimum absolute atomic E-state index is 0.0147. The van der Waals surface area contributed by atoms with E-state index in [1.54, 1.807) is 36.4 Å². The van der Waals surface area contributed by atoms with Gasteiger partial charge in [-0.1, -0.05) is 24.3 Å². The maximum absolute atomic E-state index is 13.3. The normalized spacial score (nSPS) is 10.1. The predicted molar refractivity (Wildman–Crippen MR) is 86.1 cm³/mol. The van der Waals surface area contributed by atoms with Gasteiger partial charge in [0.25, 0.3) is 0 Å². The first kappa shape index (κ1) is 17.5. The van der Waals surface area contributed by atoms with Crippen LogP contribution in [0.15, 0.2) is 48.5 Å². The number of rotatable bonds is 7. The Balaban J connectivity index is 1.76. The molecule has 2 rings (SSSR count). The van der Waals surface area contributed by atoms with Crippen molar-refractivity contribution in [3.05, 3.63) is 65.5 Å². The molecule has 0 bridgehead atoms. The zero-order valence-corrected chi connectivity index (χ0v) is 13.3. The standard InChI is InChI=1S/C18H18FNO4/c1-13(21)20-12-14-6-8-15(9-7-14)18(22)24-11-10-23-17-5-3-2-4-16(17)19/h2-9H,10-12H2,1H3,(H,20,21). The van der Waals surface area contributed by atoms with Gasteiger partial charge in [0.1, 0.15) is 13.2 Å². The minimum atomic E-state index is -0.488. The highest BCUT2D eigenvalue weighted by molar-refractivity contribution is 5.89. The molecule has 0 saturated carbocycles. The number of carbonyl (C=O) groups excluding carboxylic acids is 2. The van der Waals surface area contributed by atoms with Gasteiger partial charge in [-0.25, -0.2) is 9.18 Å². The minimum Gasteiger partial charge on any atom is -0.487 e. The van der Waals surface area contributed by atoms with E-state index in [1.807, 2.05) is 0 Å². The fraction of sp³-hybridized carbons (Fsp3) is 0.222. The van der Waals surface area contributed by atoms with Gasteiger partial charge in [0.2, 0.25) is 5.91 Å². The van der Waals surface area contributed by atoms with E-state index in [-0.39, 0.29) is 24.9 Å². The Bertz CT molecular complexity index is 700. The average molecular weight is 331 g/mol. The largest absolute Gasteiger partial charge is 0.487 e. The molecular formula is C18H18FNO4. The predicted octanol–water partition coefficient (Wildman–Crippen LogP) is 2.70. The summed E-state index contributed by atoms with van der Waals surface area (Å²) in [6.07, 6.45) is 0. The number of benzene rings is 2. The van der Waals surface area contributed by atoms with Crippen LogP contribution >= 0.6 is 0 Å². The van der Waals surface area contributed by atoms with Crippen LogP contribution in [-0.2, 0) is 16.1 Å². The first-order valence-electron chi connectivity index (χ1n) is 7.44. The summed E-state index contributed by atoms with van der Waals surface area (Å²) in [5.41, 5.74) is 1.28. The van der Waals surface area contributed by atoms with E-state index in [0.717, 1.165) is 5.56 Å². The number of ether oxygens (including phenoxy) is 2. The molecule has 0 heterocycles. The van der Waals surface area contributed by atoms with Crippen LogP contribution in [0.4, 0.5) is 4.39 Å². The third-order valence-electron chi connectivity index (χ3n) is 3.14. The number of carbonyl (C=O) groups is 2. The number of esters is 1. The Morgan fingerprint density at radius 2 is 1.75 bits per heavy atom. The lowest BCUT2D eigenvalue weighted by molar-refractivity contribution is -0.119. The summed E-state index contributed by atoms with van der Waals surface area (Å²) >= 11 is 0. The van der Waals surface area contributed by atoms with E-state index >= 15 is 0 Å². The number of halogens is 1. The molecular weight excluding hydrogens is 313 g/mol. The molecule has 0 saturated heterocycles. The van der Waals surface area contributed by atoms with Gasteiger partial charge in [-0.3, -0.25) is 4.79 Å². The van der Waals surface area contributed by atoms with Gasteiger partial charge in [0.05, 0.1) is 5.56 Å². The average Bonchev–Trinajstić information content (AvgIpc) is 2.58. The Morgan fingerprint density at radius 3 is 2.42 bits per heavy atom. The molecule has 6 heteroatoms. The third kappa shape index (κ3) is 5.39.